The monoisotopic (exact) mass is 359 g/mol. The quantitative estimate of drug-likeness (QED) is 0.382. The summed E-state index contributed by atoms with van der Waals surface area (Å²) in [7, 11) is 0. The van der Waals surface area contributed by atoms with E-state index in [9.17, 15) is 14.9 Å². The molecule has 0 atom stereocenters. The molecule has 0 unspecified atom stereocenters. The van der Waals surface area contributed by atoms with Crippen molar-refractivity contribution >= 4 is 28.2 Å². The smallest absolute Gasteiger partial charge is 0.271 e. The van der Waals surface area contributed by atoms with Crippen LogP contribution in [-0.4, -0.2) is 21.1 Å². The van der Waals surface area contributed by atoms with E-state index < -0.39 is 4.92 Å². The Kier molecular flexibility index (Phi) is 4.95. The van der Waals surface area contributed by atoms with Crippen LogP contribution in [0.15, 0.2) is 53.6 Å². The van der Waals surface area contributed by atoms with Crippen molar-refractivity contribution in [2.45, 2.75) is 13.0 Å². The van der Waals surface area contributed by atoms with Crippen LogP contribution in [0.25, 0.3) is 10.9 Å². The molecule has 128 valence electrons. The van der Waals surface area contributed by atoms with E-state index in [1.54, 1.807) is 24.3 Å². The first-order valence-corrected chi connectivity index (χ1v) is 7.94. The number of ether oxygens (including phenoxy) is 1. The van der Waals surface area contributed by atoms with Gasteiger partial charge in [0.25, 0.3) is 11.2 Å². The lowest BCUT2D eigenvalue weighted by Gasteiger charge is -2.08. The zero-order valence-electron chi connectivity index (χ0n) is 13.1. The maximum absolute atomic E-state index is 12.4. The van der Waals surface area contributed by atoms with Crippen molar-refractivity contribution in [3.05, 3.63) is 74.3 Å². The SMILES string of the molecule is O=c1c2ccc([N+](=O)[O-])cc2ncn1CCCOc1ccc(Cl)cc1. The van der Waals surface area contributed by atoms with Gasteiger partial charge in [-0.2, -0.15) is 0 Å². The number of nitrogens with zero attached hydrogens (tertiary/aromatic N) is 3. The highest BCUT2D eigenvalue weighted by Gasteiger charge is 2.10. The summed E-state index contributed by atoms with van der Waals surface area (Å²) in [6.07, 6.45) is 2.01. The van der Waals surface area contributed by atoms with E-state index in [0.717, 1.165) is 0 Å². The van der Waals surface area contributed by atoms with Crippen molar-refractivity contribution in [3.8, 4) is 5.75 Å². The lowest BCUT2D eigenvalue weighted by molar-refractivity contribution is -0.384. The third kappa shape index (κ3) is 3.95. The fraction of sp³-hybridized carbons (Fsp3) is 0.176. The first-order chi connectivity index (χ1) is 12.0. The Labute approximate surface area is 147 Å². The largest absolute Gasteiger partial charge is 0.494 e. The normalized spacial score (nSPS) is 10.8. The lowest BCUT2D eigenvalue weighted by Crippen LogP contribution is -2.21. The molecular formula is C17H14ClN3O4. The number of aryl methyl sites for hydroxylation is 1. The van der Waals surface area contributed by atoms with Crippen molar-refractivity contribution in [3.63, 3.8) is 0 Å². The second kappa shape index (κ2) is 7.31. The third-order valence-electron chi connectivity index (χ3n) is 3.65. The number of rotatable bonds is 6. The fourth-order valence-corrected chi connectivity index (χ4v) is 2.50. The molecule has 0 bridgehead atoms. The van der Waals surface area contributed by atoms with Gasteiger partial charge < -0.3 is 4.74 Å². The van der Waals surface area contributed by atoms with E-state index in [2.05, 4.69) is 4.98 Å². The molecule has 25 heavy (non-hydrogen) atoms. The summed E-state index contributed by atoms with van der Waals surface area (Å²) in [6, 6.07) is 11.1. The molecule has 8 heteroatoms. The van der Waals surface area contributed by atoms with E-state index in [0.29, 0.717) is 41.2 Å². The summed E-state index contributed by atoms with van der Waals surface area (Å²) >= 11 is 5.81. The number of nitro benzene ring substituents is 1. The van der Waals surface area contributed by atoms with E-state index in [1.807, 2.05) is 0 Å². The maximum atomic E-state index is 12.4. The van der Waals surface area contributed by atoms with Gasteiger partial charge in [-0.3, -0.25) is 19.5 Å². The van der Waals surface area contributed by atoms with Crippen molar-refractivity contribution in [2.24, 2.45) is 0 Å². The minimum absolute atomic E-state index is 0.0893. The minimum Gasteiger partial charge on any atom is -0.494 e. The fourth-order valence-electron chi connectivity index (χ4n) is 2.38. The second-order valence-corrected chi connectivity index (χ2v) is 5.79. The molecule has 3 rings (SSSR count). The molecule has 0 aliphatic carbocycles. The summed E-state index contributed by atoms with van der Waals surface area (Å²) in [5, 5.41) is 11.8. The number of aromatic nitrogens is 2. The van der Waals surface area contributed by atoms with Crippen LogP contribution in [0.5, 0.6) is 5.75 Å². The molecule has 7 nitrogen and oxygen atoms in total. The van der Waals surface area contributed by atoms with Crippen LogP contribution in [0.3, 0.4) is 0 Å². The second-order valence-electron chi connectivity index (χ2n) is 5.36. The first kappa shape index (κ1) is 16.9. The molecule has 0 aliphatic heterocycles. The summed E-state index contributed by atoms with van der Waals surface area (Å²) in [4.78, 5) is 26.8. The predicted molar refractivity (Wildman–Crippen MR) is 94.2 cm³/mol. The average molecular weight is 360 g/mol. The zero-order chi connectivity index (χ0) is 17.8. The molecule has 0 N–H and O–H groups in total. The molecule has 0 aliphatic rings. The maximum Gasteiger partial charge on any atom is 0.271 e. The van der Waals surface area contributed by atoms with Gasteiger partial charge in [-0.25, -0.2) is 4.98 Å². The van der Waals surface area contributed by atoms with Crippen LogP contribution in [0, 0.1) is 10.1 Å². The molecule has 0 saturated heterocycles. The van der Waals surface area contributed by atoms with E-state index in [4.69, 9.17) is 16.3 Å². The van der Waals surface area contributed by atoms with Crippen molar-refractivity contribution in [2.75, 3.05) is 6.61 Å². The standard InChI is InChI=1S/C17H14ClN3O4/c18-12-2-5-14(6-3-12)25-9-1-8-20-11-19-16-10-13(21(23)24)4-7-15(16)17(20)22/h2-7,10-11H,1,8-9H2. The van der Waals surface area contributed by atoms with Gasteiger partial charge in [0.1, 0.15) is 5.75 Å². The van der Waals surface area contributed by atoms with Crippen LogP contribution in [0.2, 0.25) is 5.02 Å². The molecule has 0 fully saturated rings. The summed E-state index contributed by atoms with van der Waals surface area (Å²) in [5.74, 6) is 0.709. The van der Waals surface area contributed by atoms with Crippen LogP contribution < -0.4 is 10.3 Å². The summed E-state index contributed by atoms with van der Waals surface area (Å²) < 4.78 is 7.05. The van der Waals surface area contributed by atoms with Gasteiger partial charge in [-0.15, -0.1) is 0 Å². The number of non-ortho nitro benzene ring substituents is 1. The van der Waals surface area contributed by atoms with Gasteiger partial charge in [0.15, 0.2) is 0 Å². The molecule has 1 aromatic heterocycles. The molecule has 0 spiro atoms. The Morgan fingerprint density at radius 3 is 2.68 bits per heavy atom. The number of halogens is 1. The van der Waals surface area contributed by atoms with Crippen molar-refractivity contribution in [1.29, 1.82) is 0 Å². The topological polar surface area (TPSA) is 87.3 Å². The molecule has 1 heterocycles. The molecule has 3 aromatic rings. The van der Waals surface area contributed by atoms with Gasteiger partial charge >= 0.3 is 0 Å². The van der Waals surface area contributed by atoms with E-state index in [-0.39, 0.29) is 11.2 Å². The van der Waals surface area contributed by atoms with Gasteiger partial charge in [0, 0.05) is 23.7 Å². The number of benzene rings is 2. The summed E-state index contributed by atoms with van der Waals surface area (Å²) in [5.41, 5.74) is -0.00669. The Morgan fingerprint density at radius 1 is 1.20 bits per heavy atom. The number of hydrogen-bond donors (Lipinski definition) is 0. The molecule has 2 aromatic carbocycles. The first-order valence-electron chi connectivity index (χ1n) is 7.56. The molecule has 0 saturated carbocycles. The summed E-state index contributed by atoms with van der Waals surface area (Å²) in [6.45, 7) is 0.874. The Morgan fingerprint density at radius 2 is 1.96 bits per heavy atom. The zero-order valence-corrected chi connectivity index (χ0v) is 13.8. The minimum atomic E-state index is -0.513. The van der Waals surface area contributed by atoms with Crippen LogP contribution >= 0.6 is 11.6 Å². The van der Waals surface area contributed by atoms with Crippen LogP contribution in [0.1, 0.15) is 6.42 Å². The number of fused-ring (bicyclic) bond motifs is 1. The number of hydrogen-bond acceptors (Lipinski definition) is 5. The third-order valence-corrected chi connectivity index (χ3v) is 3.90. The molecule has 0 radical (unpaired) electrons. The highest BCUT2D eigenvalue weighted by Crippen LogP contribution is 2.17. The van der Waals surface area contributed by atoms with Crippen LogP contribution in [-0.2, 0) is 6.54 Å². The van der Waals surface area contributed by atoms with Gasteiger partial charge in [-0.1, -0.05) is 11.6 Å². The predicted octanol–water partition coefficient (Wildman–Crippen LogP) is 3.43. The van der Waals surface area contributed by atoms with E-state index in [1.165, 1.54) is 29.1 Å². The van der Waals surface area contributed by atoms with Crippen molar-refractivity contribution in [1.82, 2.24) is 9.55 Å². The Balaban J connectivity index is 1.66. The average Bonchev–Trinajstić information content (AvgIpc) is 2.61. The highest BCUT2D eigenvalue weighted by atomic mass is 35.5. The highest BCUT2D eigenvalue weighted by molar-refractivity contribution is 6.30. The van der Waals surface area contributed by atoms with Crippen molar-refractivity contribution < 1.29 is 9.66 Å². The Bertz CT molecular complexity index is 970. The van der Waals surface area contributed by atoms with Gasteiger partial charge in [0.05, 0.1) is 28.8 Å². The van der Waals surface area contributed by atoms with Gasteiger partial charge in [-0.05, 0) is 36.8 Å². The van der Waals surface area contributed by atoms with Gasteiger partial charge in [0.2, 0.25) is 0 Å². The molecule has 0 amide bonds. The lowest BCUT2D eigenvalue weighted by atomic mass is 10.2. The Hall–Kier alpha value is -2.93. The number of nitro groups is 1. The molecular weight excluding hydrogens is 346 g/mol. The van der Waals surface area contributed by atoms with Crippen LogP contribution in [0.4, 0.5) is 5.69 Å². The van der Waals surface area contributed by atoms with E-state index >= 15 is 0 Å².